The van der Waals surface area contributed by atoms with Crippen molar-refractivity contribution in [1.29, 1.82) is 0 Å². The Morgan fingerprint density at radius 2 is 2.23 bits per heavy atom. The Hall–Kier alpha value is -1.72. The van der Waals surface area contributed by atoms with E-state index in [4.69, 9.17) is 4.74 Å². The molecule has 0 bridgehead atoms. The van der Waals surface area contributed by atoms with Crippen LogP contribution in [0.15, 0.2) is 65.4 Å². The lowest BCUT2D eigenvalue weighted by molar-refractivity contribution is 0.327. The van der Waals surface area contributed by atoms with E-state index in [2.05, 4.69) is 12.3 Å². The van der Waals surface area contributed by atoms with Crippen LogP contribution in [0.5, 0.6) is 0 Å². The standard InChI is InChI=1S/C12H10O/c1-9-8-10(2)13-12-7-5-3-4-6-11(9)12/h3-6,8H,2H2,1H3. The summed E-state index contributed by atoms with van der Waals surface area (Å²) in [4.78, 5) is 0. The van der Waals surface area contributed by atoms with Gasteiger partial charge in [0.05, 0.1) is 0 Å². The molecule has 1 heteroatoms. The van der Waals surface area contributed by atoms with Crippen LogP contribution in [0.25, 0.3) is 0 Å². The number of ether oxygens (including phenoxy) is 1. The van der Waals surface area contributed by atoms with Crippen molar-refractivity contribution in [2.75, 3.05) is 0 Å². The van der Waals surface area contributed by atoms with Gasteiger partial charge in [-0.05, 0) is 24.6 Å². The van der Waals surface area contributed by atoms with E-state index in [0.717, 1.165) is 11.3 Å². The molecule has 0 saturated carbocycles. The third kappa shape index (κ3) is 1.42. The van der Waals surface area contributed by atoms with Crippen LogP contribution in [-0.4, -0.2) is 0 Å². The highest BCUT2D eigenvalue weighted by Crippen LogP contribution is 2.28. The van der Waals surface area contributed by atoms with Crippen LogP contribution in [0, 0.1) is 0 Å². The van der Waals surface area contributed by atoms with E-state index in [1.807, 2.05) is 37.3 Å². The fourth-order valence-electron chi connectivity index (χ4n) is 1.36. The minimum atomic E-state index is 0.674. The summed E-state index contributed by atoms with van der Waals surface area (Å²) in [5.41, 5.74) is 5.30. The van der Waals surface area contributed by atoms with E-state index in [0.29, 0.717) is 5.76 Å². The van der Waals surface area contributed by atoms with E-state index in [9.17, 15) is 0 Å². The van der Waals surface area contributed by atoms with Crippen molar-refractivity contribution in [1.82, 2.24) is 0 Å². The molecule has 13 heavy (non-hydrogen) atoms. The summed E-state index contributed by atoms with van der Waals surface area (Å²) in [6.45, 7) is 5.81. The topological polar surface area (TPSA) is 9.23 Å². The van der Waals surface area contributed by atoms with Crippen LogP contribution in [0.3, 0.4) is 0 Å². The summed E-state index contributed by atoms with van der Waals surface area (Å²) < 4.78 is 5.44. The van der Waals surface area contributed by atoms with E-state index in [1.165, 1.54) is 5.57 Å². The van der Waals surface area contributed by atoms with E-state index in [-0.39, 0.29) is 0 Å². The highest BCUT2D eigenvalue weighted by molar-refractivity contribution is 5.51. The second-order valence-corrected chi connectivity index (χ2v) is 3.00. The molecular formula is C12H10O. The van der Waals surface area contributed by atoms with Crippen LogP contribution < -0.4 is 0 Å². The molecule has 1 aliphatic carbocycles. The fourth-order valence-corrected chi connectivity index (χ4v) is 1.36. The number of hydrogen-bond donors (Lipinski definition) is 0. The Labute approximate surface area is 77.7 Å². The molecule has 0 aromatic heterocycles. The van der Waals surface area contributed by atoms with Crippen molar-refractivity contribution in [3.63, 3.8) is 0 Å². The predicted octanol–water partition coefficient (Wildman–Crippen LogP) is 3.01. The fraction of sp³-hybridized carbons (Fsp3) is 0.0833. The van der Waals surface area contributed by atoms with Crippen LogP contribution in [-0.2, 0) is 4.74 Å². The third-order valence-corrected chi connectivity index (χ3v) is 1.96. The molecule has 64 valence electrons. The Balaban J connectivity index is 2.59. The molecule has 0 unspecified atom stereocenters. The number of allylic oxidation sites excluding steroid dienone is 5. The normalized spacial score (nSPS) is 19.5. The molecule has 1 nitrogen and oxygen atoms in total. The van der Waals surface area contributed by atoms with Gasteiger partial charge in [-0.25, -0.2) is 0 Å². The second kappa shape index (κ2) is 2.96. The van der Waals surface area contributed by atoms with Gasteiger partial charge in [0.2, 0.25) is 0 Å². The van der Waals surface area contributed by atoms with Crippen LogP contribution in [0.2, 0.25) is 0 Å². The van der Waals surface area contributed by atoms with Crippen molar-refractivity contribution in [3.8, 4) is 0 Å². The molecule has 0 aromatic rings. The van der Waals surface area contributed by atoms with Gasteiger partial charge in [0.25, 0.3) is 0 Å². The first-order valence-electron chi connectivity index (χ1n) is 4.17. The van der Waals surface area contributed by atoms with Gasteiger partial charge >= 0.3 is 0 Å². The summed E-state index contributed by atoms with van der Waals surface area (Å²) in [6, 6.07) is 0. The molecule has 1 heterocycles. The molecule has 0 saturated heterocycles. The Kier molecular flexibility index (Phi) is 1.80. The third-order valence-electron chi connectivity index (χ3n) is 1.96. The smallest absolute Gasteiger partial charge is 0.177 e. The summed E-state index contributed by atoms with van der Waals surface area (Å²) in [5, 5.41) is 0. The number of fused-ring (bicyclic) bond motifs is 1. The predicted molar refractivity (Wildman–Crippen MR) is 52.8 cm³/mol. The number of rotatable bonds is 0. The average molecular weight is 170 g/mol. The second-order valence-electron chi connectivity index (χ2n) is 3.00. The molecule has 0 fully saturated rings. The quantitative estimate of drug-likeness (QED) is 0.508. The van der Waals surface area contributed by atoms with E-state index in [1.54, 1.807) is 0 Å². The van der Waals surface area contributed by atoms with Gasteiger partial charge in [0.15, 0.2) is 5.76 Å². The lowest BCUT2D eigenvalue weighted by Crippen LogP contribution is -2.01. The molecule has 2 rings (SSSR count). The number of hydrogen-bond acceptors (Lipinski definition) is 1. The Bertz CT molecular complexity index is 410. The summed E-state index contributed by atoms with van der Waals surface area (Å²) in [7, 11) is 0. The van der Waals surface area contributed by atoms with Gasteiger partial charge in [-0.1, -0.05) is 30.5 Å². The molecule has 0 amide bonds. The Morgan fingerprint density at radius 1 is 1.38 bits per heavy atom. The molecule has 0 aromatic carbocycles. The Morgan fingerprint density at radius 3 is 3.08 bits per heavy atom. The van der Waals surface area contributed by atoms with Crippen molar-refractivity contribution < 1.29 is 4.74 Å². The highest BCUT2D eigenvalue weighted by atomic mass is 16.5. The van der Waals surface area contributed by atoms with Gasteiger partial charge in [0, 0.05) is 5.57 Å². The summed E-state index contributed by atoms with van der Waals surface area (Å²) >= 11 is 0. The zero-order valence-corrected chi connectivity index (χ0v) is 7.50. The zero-order valence-electron chi connectivity index (χ0n) is 7.50. The van der Waals surface area contributed by atoms with Crippen LogP contribution >= 0.6 is 0 Å². The highest BCUT2D eigenvalue weighted by Gasteiger charge is 2.15. The van der Waals surface area contributed by atoms with Crippen LogP contribution in [0.1, 0.15) is 6.92 Å². The van der Waals surface area contributed by atoms with Gasteiger partial charge < -0.3 is 4.74 Å². The molecule has 2 aliphatic rings. The maximum Gasteiger partial charge on any atom is 0.177 e. The molecular weight excluding hydrogens is 160 g/mol. The minimum absolute atomic E-state index is 0.674. The van der Waals surface area contributed by atoms with Crippen LogP contribution in [0.4, 0.5) is 0 Å². The largest absolute Gasteiger partial charge is 0.449 e. The SMILES string of the molecule is C=C1C=C(C)C2=CC=CC=C=C2O1. The maximum absolute atomic E-state index is 5.44. The molecule has 0 spiro atoms. The maximum atomic E-state index is 5.44. The van der Waals surface area contributed by atoms with Gasteiger partial charge in [-0.2, -0.15) is 0 Å². The molecule has 0 atom stereocenters. The van der Waals surface area contributed by atoms with Gasteiger partial charge in [0.1, 0.15) is 5.76 Å². The zero-order chi connectivity index (χ0) is 9.26. The van der Waals surface area contributed by atoms with Crippen molar-refractivity contribution >= 4 is 0 Å². The first kappa shape index (κ1) is 7.90. The minimum Gasteiger partial charge on any atom is -0.449 e. The monoisotopic (exact) mass is 170 g/mol. The molecule has 1 aliphatic heterocycles. The average Bonchev–Trinajstić information content (AvgIpc) is 2.28. The van der Waals surface area contributed by atoms with Gasteiger partial charge in [-0.3, -0.25) is 0 Å². The van der Waals surface area contributed by atoms with Crippen molar-refractivity contribution in [2.45, 2.75) is 6.92 Å². The van der Waals surface area contributed by atoms with E-state index >= 15 is 0 Å². The summed E-state index contributed by atoms with van der Waals surface area (Å²) in [6.07, 6.45) is 9.69. The lowest BCUT2D eigenvalue weighted by Gasteiger charge is -2.17. The lowest BCUT2D eigenvalue weighted by atomic mass is 10.0. The summed E-state index contributed by atoms with van der Waals surface area (Å²) in [5.74, 6) is 1.43. The molecule has 0 radical (unpaired) electrons. The molecule has 0 N–H and O–H groups in total. The first-order valence-corrected chi connectivity index (χ1v) is 4.17. The first-order chi connectivity index (χ1) is 6.27. The van der Waals surface area contributed by atoms with Crippen molar-refractivity contribution in [2.24, 2.45) is 0 Å². The van der Waals surface area contributed by atoms with Crippen molar-refractivity contribution in [3.05, 3.63) is 65.4 Å². The van der Waals surface area contributed by atoms with E-state index < -0.39 is 0 Å². The van der Waals surface area contributed by atoms with Gasteiger partial charge in [-0.15, -0.1) is 0 Å².